The Hall–Kier alpha value is -0.750. The summed E-state index contributed by atoms with van der Waals surface area (Å²) in [4.78, 5) is 0. The third-order valence-electron chi connectivity index (χ3n) is 2.31. The highest BCUT2D eigenvalue weighted by atomic mass is 127. The molecule has 0 amide bonds. The predicted octanol–water partition coefficient (Wildman–Crippen LogP) is 3.08. The van der Waals surface area contributed by atoms with Crippen LogP contribution in [-0.4, -0.2) is 9.78 Å². The predicted molar refractivity (Wildman–Crippen MR) is 74.6 cm³/mol. The summed E-state index contributed by atoms with van der Waals surface area (Å²) in [6.07, 6.45) is 0. The number of nitrogens with two attached hydrogens (primary N) is 1. The number of anilines is 1. The minimum atomic E-state index is 0.649. The molecule has 1 aromatic heterocycles. The lowest BCUT2D eigenvalue weighted by Crippen LogP contribution is -2.06. The molecule has 3 nitrogen and oxygen atoms in total. The highest BCUT2D eigenvalue weighted by Gasteiger charge is 2.09. The fourth-order valence-corrected chi connectivity index (χ4v) is 2.11. The molecule has 0 aliphatic carbocycles. The molecule has 2 rings (SSSR count). The maximum Gasteiger partial charge on any atom is 0.135 e. The van der Waals surface area contributed by atoms with Gasteiger partial charge in [-0.1, -0.05) is 23.7 Å². The molecule has 2 aromatic rings. The Labute approximate surface area is 113 Å². The fraction of sp³-hybridized carbons (Fsp3) is 0.182. The van der Waals surface area contributed by atoms with Crippen LogP contribution in [-0.2, 0) is 6.54 Å². The molecular weight excluding hydrogens is 336 g/mol. The van der Waals surface area contributed by atoms with Crippen LogP contribution in [0.4, 0.5) is 5.82 Å². The number of benzene rings is 1. The van der Waals surface area contributed by atoms with Crippen LogP contribution in [0.2, 0.25) is 5.02 Å². The van der Waals surface area contributed by atoms with Gasteiger partial charge in [0.1, 0.15) is 5.82 Å². The van der Waals surface area contributed by atoms with Crippen LogP contribution < -0.4 is 5.73 Å². The number of aryl methyl sites for hydroxylation is 1. The van der Waals surface area contributed by atoms with Gasteiger partial charge in [0.05, 0.1) is 15.8 Å². The zero-order valence-electron chi connectivity index (χ0n) is 8.74. The number of hydrogen-bond donors (Lipinski definition) is 1. The Kier molecular flexibility index (Phi) is 3.39. The van der Waals surface area contributed by atoms with Crippen molar-refractivity contribution < 1.29 is 0 Å². The van der Waals surface area contributed by atoms with Crippen LogP contribution in [0, 0.1) is 10.5 Å². The van der Waals surface area contributed by atoms with Crippen molar-refractivity contribution in [3.8, 4) is 0 Å². The average Bonchev–Trinajstić information content (AvgIpc) is 2.47. The molecule has 84 valence electrons. The number of nitrogen functional groups attached to an aromatic ring is 1. The van der Waals surface area contributed by atoms with Crippen molar-refractivity contribution >= 4 is 40.0 Å². The van der Waals surface area contributed by atoms with E-state index in [1.165, 1.54) is 0 Å². The van der Waals surface area contributed by atoms with Gasteiger partial charge < -0.3 is 5.73 Å². The molecule has 0 saturated heterocycles. The summed E-state index contributed by atoms with van der Waals surface area (Å²) in [6, 6.07) is 7.71. The molecule has 16 heavy (non-hydrogen) atoms. The monoisotopic (exact) mass is 347 g/mol. The Bertz CT molecular complexity index is 522. The van der Waals surface area contributed by atoms with Crippen molar-refractivity contribution in [1.29, 1.82) is 0 Å². The molecule has 0 atom stereocenters. The summed E-state index contributed by atoms with van der Waals surface area (Å²) in [5, 5.41) is 5.11. The van der Waals surface area contributed by atoms with Gasteiger partial charge in [0.2, 0.25) is 0 Å². The zero-order chi connectivity index (χ0) is 11.7. The van der Waals surface area contributed by atoms with Gasteiger partial charge in [-0.2, -0.15) is 5.10 Å². The van der Waals surface area contributed by atoms with Crippen LogP contribution in [0.1, 0.15) is 11.3 Å². The number of halogens is 2. The number of rotatable bonds is 2. The fourth-order valence-electron chi connectivity index (χ4n) is 1.51. The van der Waals surface area contributed by atoms with Gasteiger partial charge in [-0.05, 0) is 47.2 Å². The van der Waals surface area contributed by atoms with E-state index in [0.29, 0.717) is 12.4 Å². The van der Waals surface area contributed by atoms with Crippen LogP contribution in [0.5, 0.6) is 0 Å². The van der Waals surface area contributed by atoms with E-state index in [0.717, 1.165) is 19.9 Å². The minimum Gasteiger partial charge on any atom is -0.383 e. The lowest BCUT2D eigenvalue weighted by atomic mass is 10.2. The van der Waals surface area contributed by atoms with Crippen LogP contribution in [0.3, 0.4) is 0 Å². The van der Waals surface area contributed by atoms with Gasteiger partial charge in [-0.3, -0.25) is 0 Å². The second kappa shape index (κ2) is 4.63. The maximum atomic E-state index is 5.95. The van der Waals surface area contributed by atoms with E-state index >= 15 is 0 Å². The molecule has 1 aromatic carbocycles. The SMILES string of the molecule is Cc1nn(Cc2cccc(Cl)c2)c(N)c1I. The van der Waals surface area contributed by atoms with Gasteiger partial charge in [0.15, 0.2) is 0 Å². The molecule has 2 N–H and O–H groups in total. The topological polar surface area (TPSA) is 43.8 Å². The smallest absolute Gasteiger partial charge is 0.135 e. The van der Waals surface area contributed by atoms with E-state index in [2.05, 4.69) is 27.7 Å². The first kappa shape index (κ1) is 11.7. The van der Waals surface area contributed by atoms with Gasteiger partial charge >= 0.3 is 0 Å². The van der Waals surface area contributed by atoms with E-state index < -0.39 is 0 Å². The second-order valence-corrected chi connectivity index (χ2v) is 5.09. The summed E-state index contributed by atoms with van der Waals surface area (Å²) in [7, 11) is 0. The summed E-state index contributed by atoms with van der Waals surface area (Å²) in [6.45, 7) is 2.60. The van der Waals surface area contributed by atoms with Crippen LogP contribution in [0.15, 0.2) is 24.3 Å². The third kappa shape index (κ3) is 2.32. The van der Waals surface area contributed by atoms with Crippen molar-refractivity contribution in [1.82, 2.24) is 9.78 Å². The minimum absolute atomic E-state index is 0.649. The van der Waals surface area contributed by atoms with Crippen molar-refractivity contribution in [2.45, 2.75) is 13.5 Å². The molecule has 1 heterocycles. The van der Waals surface area contributed by atoms with E-state index in [1.54, 1.807) is 4.68 Å². The quantitative estimate of drug-likeness (QED) is 0.849. The standard InChI is InChI=1S/C11H11ClIN3/c1-7-10(13)11(14)16(15-7)6-8-3-2-4-9(12)5-8/h2-5H,6,14H2,1H3. The molecule has 0 aliphatic heterocycles. The first-order chi connectivity index (χ1) is 7.58. The van der Waals surface area contributed by atoms with E-state index in [4.69, 9.17) is 17.3 Å². The Morgan fingerprint density at radius 3 is 2.81 bits per heavy atom. The summed E-state index contributed by atoms with van der Waals surface area (Å²) in [5.41, 5.74) is 8.00. The molecule has 0 unspecified atom stereocenters. The molecule has 0 spiro atoms. The van der Waals surface area contributed by atoms with E-state index in [9.17, 15) is 0 Å². The first-order valence-electron chi connectivity index (χ1n) is 4.81. The largest absolute Gasteiger partial charge is 0.383 e. The third-order valence-corrected chi connectivity index (χ3v) is 3.88. The zero-order valence-corrected chi connectivity index (χ0v) is 11.7. The molecule has 0 saturated carbocycles. The maximum absolute atomic E-state index is 5.95. The number of aromatic nitrogens is 2. The highest BCUT2D eigenvalue weighted by Crippen LogP contribution is 2.20. The average molecular weight is 348 g/mol. The normalized spacial score (nSPS) is 10.7. The number of nitrogens with zero attached hydrogens (tertiary/aromatic N) is 2. The van der Waals surface area contributed by atoms with Crippen LogP contribution in [0.25, 0.3) is 0 Å². The highest BCUT2D eigenvalue weighted by molar-refractivity contribution is 14.1. The lowest BCUT2D eigenvalue weighted by Gasteiger charge is -2.04. The van der Waals surface area contributed by atoms with Crippen molar-refractivity contribution in [3.05, 3.63) is 44.1 Å². The Balaban J connectivity index is 2.30. The lowest BCUT2D eigenvalue weighted by molar-refractivity contribution is 0.689. The summed E-state index contributed by atoms with van der Waals surface area (Å²) in [5.74, 6) is 0.707. The molecule has 0 aliphatic rings. The van der Waals surface area contributed by atoms with Gasteiger partial charge in [0, 0.05) is 5.02 Å². The van der Waals surface area contributed by atoms with Gasteiger partial charge in [0.25, 0.3) is 0 Å². The Morgan fingerprint density at radius 2 is 2.25 bits per heavy atom. The molecule has 0 radical (unpaired) electrons. The number of hydrogen-bond acceptors (Lipinski definition) is 2. The second-order valence-electron chi connectivity index (χ2n) is 3.57. The van der Waals surface area contributed by atoms with E-state index in [-0.39, 0.29) is 0 Å². The van der Waals surface area contributed by atoms with Crippen molar-refractivity contribution in [2.75, 3.05) is 5.73 Å². The summed E-state index contributed by atoms with van der Waals surface area (Å²) >= 11 is 8.13. The molecule has 5 heteroatoms. The first-order valence-corrected chi connectivity index (χ1v) is 6.26. The molecule has 0 bridgehead atoms. The van der Waals surface area contributed by atoms with Gasteiger partial charge in [-0.15, -0.1) is 0 Å². The van der Waals surface area contributed by atoms with Crippen molar-refractivity contribution in [3.63, 3.8) is 0 Å². The van der Waals surface area contributed by atoms with Crippen LogP contribution >= 0.6 is 34.2 Å². The van der Waals surface area contributed by atoms with Gasteiger partial charge in [-0.25, -0.2) is 4.68 Å². The van der Waals surface area contributed by atoms with E-state index in [1.807, 2.05) is 31.2 Å². The molecule has 0 fully saturated rings. The Morgan fingerprint density at radius 1 is 1.50 bits per heavy atom. The van der Waals surface area contributed by atoms with Crippen molar-refractivity contribution in [2.24, 2.45) is 0 Å². The molecular formula is C11H11ClIN3. The summed E-state index contributed by atoms with van der Waals surface area (Å²) < 4.78 is 2.81.